The van der Waals surface area contributed by atoms with E-state index < -0.39 is 0 Å². The number of carbonyl (C=O) groups excluding carboxylic acids is 1. The number of hydrogen-bond donors (Lipinski definition) is 1. The molecule has 5 nitrogen and oxygen atoms in total. The van der Waals surface area contributed by atoms with E-state index in [0.717, 1.165) is 28.8 Å². The molecule has 2 aromatic heterocycles. The normalized spacial score (nSPS) is 12.3. The molecule has 138 valence electrons. The lowest BCUT2D eigenvalue weighted by Crippen LogP contribution is -2.33. The van der Waals surface area contributed by atoms with Gasteiger partial charge in [0, 0.05) is 12.6 Å². The summed E-state index contributed by atoms with van der Waals surface area (Å²) in [5, 5.41) is 14.5. The molecule has 0 radical (unpaired) electrons. The van der Waals surface area contributed by atoms with E-state index in [1.165, 1.54) is 37.4 Å². The highest BCUT2D eigenvalue weighted by Crippen LogP contribution is 2.27. The minimum Gasteiger partial charge on any atom is -0.353 e. The standard InChI is InChI=1S/C18H28N4OS2/c1-4-6-7-8-10-14(3)19-16(23)13-25-18-21-20-17(22(18)5-2)15-11-9-12-24-15/h9,11-12,14H,4-8,10,13H2,1-3H3,(H,19,23)/t14-/m1/s1. The molecular formula is C18H28N4OS2. The molecule has 1 N–H and O–H groups in total. The van der Waals surface area contributed by atoms with E-state index in [0.29, 0.717) is 5.75 Å². The minimum absolute atomic E-state index is 0.0660. The lowest BCUT2D eigenvalue weighted by molar-refractivity contribution is -0.119. The summed E-state index contributed by atoms with van der Waals surface area (Å²) >= 11 is 3.10. The molecule has 0 aliphatic heterocycles. The van der Waals surface area contributed by atoms with Crippen molar-refractivity contribution in [1.82, 2.24) is 20.1 Å². The van der Waals surface area contributed by atoms with E-state index in [1.54, 1.807) is 11.3 Å². The summed E-state index contributed by atoms with van der Waals surface area (Å²) in [6.07, 6.45) is 5.98. The zero-order valence-electron chi connectivity index (χ0n) is 15.3. The molecule has 1 amide bonds. The first-order valence-corrected chi connectivity index (χ1v) is 10.9. The van der Waals surface area contributed by atoms with Crippen molar-refractivity contribution >= 4 is 29.0 Å². The third-order valence-electron chi connectivity index (χ3n) is 4.01. The monoisotopic (exact) mass is 380 g/mol. The molecule has 0 fully saturated rings. The highest BCUT2D eigenvalue weighted by molar-refractivity contribution is 7.99. The number of hydrogen-bond acceptors (Lipinski definition) is 5. The molecule has 7 heteroatoms. The number of aromatic nitrogens is 3. The van der Waals surface area contributed by atoms with E-state index in [2.05, 4.69) is 40.9 Å². The molecular weight excluding hydrogens is 352 g/mol. The molecule has 0 aromatic carbocycles. The summed E-state index contributed by atoms with van der Waals surface area (Å²) in [4.78, 5) is 13.3. The molecule has 0 bridgehead atoms. The zero-order chi connectivity index (χ0) is 18.1. The van der Waals surface area contributed by atoms with Crippen LogP contribution in [0.1, 0.15) is 52.9 Å². The van der Waals surface area contributed by atoms with Crippen LogP contribution >= 0.6 is 23.1 Å². The van der Waals surface area contributed by atoms with Crippen LogP contribution in [0.5, 0.6) is 0 Å². The molecule has 0 saturated heterocycles. The van der Waals surface area contributed by atoms with Gasteiger partial charge in [0.1, 0.15) is 0 Å². The van der Waals surface area contributed by atoms with E-state index in [-0.39, 0.29) is 11.9 Å². The van der Waals surface area contributed by atoms with Crippen LogP contribution in [0, 0.1) is 0 Å². The number of nitrogens with one attached hydrogen (secondary N) is 1. The molecule has 2 heterocycles. The summed E-state index contributed by atoms with van der Waals surface area (Å²) in [5.41, 5.74) is 0. The summed E-state index contributed by atoms with van der Waals surface area (Å²) in [6, 6.07) is 4.29. The van der Waals surface area contributed by atoms with Crippen LogP contribution in [-0.2, 0) is 11.3 Å². The molecule has 2 rings (SSSR count). The summed E-state index contributed by atoms with van der Waals surface area (Å²) < 4.78 is 2.07. The van der Waals surface area contributed by atoms with Gasteiger partial charge in [-0.1, -0.05) is 50.4 Å². The summed E-state index contributed by atoms with van der Waals surface area (Å²) in [7, 11) is 0. The number of carbonyl (C=O) groups is 1. The Balaban J connectivity index is 1.82. The van der Waals surface area contributed by atoms with Crippen LogP contribution in [0.15, 0.2) is 22.7 Å². The number of thiophene rings is 1. The van der Waals surface area contributed by atoms with E-state index in [9.17, 15) is 4.79 Å². The Hall–Kier alpha value is -1.34. The first-order chi connectivity index (χ1) is 12.2. The molecule has 0 unspecified atom stereocenters. The largest absolute Gasteiger partial charge is 0.353 e. The predicted molar refractivity (Wildman–Crippen MR) is 106 cm³/mol. The molecule has 0 aliphatic rings. The van der Waals surface area contributed by atoms with Crippen molar-refractivity contribution in [3.63, 3.8) is 0 Å². The Morgan fingerprint density at radius 2 is 2.16 bits per heavy atom. The fourth-order valence-electron chi connectivity index (χ4n) is 2.66. The second-order valence-corrected chi connectivity index (χ2v) is 8.02. The maximum absolute atomic E-state index is 12.2. The fourth-order valence-corrected chi connectivity index (χ4v) is 4.20. The van der Waals surface area contributed by atoms with Gasteiger partial charge in [-0.2, -0.15) is 0 Å². The fraction of sp³-hybridized carbons (Fsp3) is 0.611. The minimum atomic E-state index is 0.0660. The van der Waals surface area contributed by atoms with Crippen molar-refractivity contribution in [3.8, 4) is 10.7 Å². The van der Waals surface area contributed by atoms with Crippen LogP contribution < -0.4 is 5.32 Å². The Morgan fingerprint density at radius 1 is 1.32 bits per heavy atom. The van der Waals surface area contributed by atoms with Crippen molar-refractivity contribution in [3.05, 3.63) is 17.5 Å². The third kappa shape index (κ3) is 6.15. The Bertz CT molecular complexity index is 640. The number of rotatable bonds is 11. The Morgan fingerprint density at radius 3 is 2.84 bits per heavy atom. The highest BCUT2D eigenvalue weighted by Gasteiger charge is 2.15. The van der Waals surface area contributed by atoms with Gasteiger partial charge in [0.05, 0.1) is 10.6 Å². The average molecular weight is 381 g/mol. The first kappa shape index (κ1) is 20.0. The van der Waals surface area contributed by atoms with Gasteiger partial charge in [0.25, 0.3) is 0 Å². The van der Waals surface area contributed by atoms with E-state index in [4.69, 9.17) is 0 Å². The maximum Gasteiger partial charge on any atom is 0.230 e. The summed E-state index contributed by atoms with van der Waals surface area (Å²) in [6.45, 7) is 7.15. The maximum atomic E-state index is 12.2. The van der Waals surface area contributed by atoms with Crippen molar-refractivity contribution in [1.29, 1.82) is 0 Å². The predicted octanol–water partition coefficient (Wildman–Crippen LogP) is 4.59. The highest BCUT2D eigenvalue weighted by atomic mass is 32.2. The van der Waals surface area contributed by atoms with Gasteiger partial charge in [-0.05, 0) is 31.7 Å². The van der Waals surface area contributed by atoms with Crippen molar-refractivity contribution in [2.45, 2.75) is 70.6 Å². The van der Waals surface area contributed by atoms with Gasteiger partial charge in [-0.3, -0.25) is 4.79 Å². The Kier molecular flexibility index (Phi) is 8.48. The van der Waals surface area contributed by atoms with Crippen molar-refractivity contribution in [2.75, 3.05) is 5.75 Å². The van der Waals surface area contributed by atoms with Crippen LogP contribution in [0.25, 0.3) is 10.7 Å². The second-order valence-electron chi connectivity index (χ2n) is 6.13. The third-order valence-corrected chi connectivity index (χ3v) is 5.84. The van der Waals surface area contributed by atoms with Gasteiger partial charge < -0.3 is 9.88 Å². The molecule has 0 spiro atoms. The number of thioether (sulfide) groups is 1. The van der Waals surface area contributed by atoms with Crippen LogP contribution in [0.3, 0.4) is 0 Å². The first-order valence-electron chi connectivity index (χ1n) is 9.04. The summed E-state index contributed by atoms with van der Waals surface area (Å²) in [5.74, 6) is 1.32. The van der Waals surface area contributed by atoms with E-state index >= 15 is 0 Å². The lowest BCUT2D eigenvalue weighted by atomic mass is 10.1. The van der Waals surface area contributed by atoms with Gasteiger partial charge in [-0.25, -0.2) is 0 Å². The molecule has 2 aromatic rings. The van der Waals surface area contributed by atoms with Crippen molar-refractivity contribution < 1.29 is 4.79 Å². The number of unbranched alkanes of at least 4 members (excludes halogenated alkanes) is 3. The molecule has 0 saturated carbocycles. The number of nitrogens with zero attached hydrogens (tertiary/aromatic N) is 3. The zero-order valence-corrected chi connectivity index (χ0v) is 17.0. The second kappa shape index (κ2) is 10.6. The number of amides is 1. The van der Waals surface area contributed by atoms with Crippen LogP contribution in [0.2, 0.25) is 0 Å². The van der Waals surface area contributed by atoms with Crippen LogP contribution in [-0.4, -0.2) is 32.5 Å². The Labute approximate surface area is 158 Å². The van der Waals surface area contributed by atoms with Crippen molar-refractivity contribution in [2.24, 2.45) is 0 Å². The molecule has 25 heavy (non-hydrogen) atoms. The smallest absolute Gasteiger partial charge is 0.230 e. The van der Waals surface area contributed by atoms with Gasteiger partial charge in [0.15, 0.2) is 11.0 Å². The molecule has 1 atom stereocenters. The van der Waals surface area contributed by atoms with Gasteiger partial charge in [0.2, 0.25) is 5.91 Å². The molecule has 0 aliphatic carbocycles. The lowest BCUT2D eigenvalue weighted by Gasteiger charge is -2.13. The quantitative estimate of drug-likeness (QED) is 0.457. The topological polar surface area (TPSA) is 59.8 Å². The van der Waals surface area contributed by atoms with Gasteiger partial charge >= 0.3 is 0 Å². The average Bonchev–Trinajstić information content (AvgIpc) is 3.25. The van der Waals surface area contributed by atoms with Crippen LogP contribution in [0.4, 0.5) is 0 Å². The van der Waals surface area contributed by atoms with E-state index in [1.807, 2.05) is 17.5 Å². The van der Waals surface area contributed by atoms with Gasteiger partial charge in [-0.15, -0.1) is 21.5 Å². The SMILES string of the molecule is CCCCCC[C@@H](C)NC(=O)CSc1nnc(-c2cccs2)n1CC.